The first-order valence-corrected chi connectivity index (χ1v) is 7.43. The Morgan fingerprint density at radius 3 is 2.33 bits per heavy atom. The molecular weight excluding hydrogens is 226 g/mol. The van der Waals surface area contributed by atoms with E-state index >= 15 is 0 Å². The lowest BCUT2D eigenvalue weighted by Crippen LogP contribution is -2.29. The Bertz CT molecular complexity index is 193. The number of carbonyl (C=O) groups excluding carboxylic acids is 1. The molecule has 3 N–H and O–H groups in total. The number of unbranched alkanes of at least 4 members (excludes halogenated alkanes) is 3. The van der Waals surface area contributed by atoms with Crippen LogP contribution in [0.4, 0.5) is 0 Å². The number of hydrogen-bond acceptors (Lipinski definition) is 3. The number of carbonyl (C=O) groups is 1. The lowest BCUT2D eigenvalue weighted by Gasteiger charge is -2.17. The standard InChI is InChI=1S/C14H31N3O/c1-3-17(4-2)13-9-12-16-14(18)10-7-5-6-8-11-15/h3-13,15H2,1-2H3,(H,16,18). The van der Waals surface area contributed by atoms with Crippen LogP contribution in [0.25, 0.3) is 0 Å². The third-order valence-corrected chi connectivity index (χ3v) is 3.23. The second kappa shape index (κ2) is 12.8. The number of nitrogens with zero attached hydrogens (tertiary/aromatic N) is 1. The third-order valence-electron chi connectivity index (χ3n) is 3.23. The van der Waals surface area contributed by atoms with Crippen LogP contribution in [0.5, 0.6) is 0 Å². The monoisotopic (exact) mass is 257 g/mol. The summed E-state index contributed by atoms with van der Waals surface area (Å²) in [5.74, 6) is 0.197. The molecule has 18 heavy (non-hydrogen) atoms. The van der Waals surface area contributed by atoms with Crippen LogP contribution in [0, 0.1) is 0 Å². The molecule has 0 rings (SSSR count). The van der Waals surface area contributed by atoms with Gasteiger partial charge in [-0.3, -0.25) is 4.79 Å². The first kappa shape index (κ1) is 17.4. The molecule has 0 aromatic rings. The maximum Gasteiger partial charge on any atom is 0.219 e. The van der Waals surface area contributed by atoms with E-state index in [0.717, 1.165) is 64.8 Å². The van der Waals surface area contributed by atoms with Gasteiger partial charge in [0.15, 0.2) is 0 Å². The zero-order chi connectivity index (χ0) is 13.6. The highest BCUT2D eigenvalue weighted by Crippen LogP contribution is 2.01. The molecule has 0 aliphatic rings. The van der Waals surface area contributed by atoms with Crippen LogP contribution in [0.3, 0.4) is 0 Å². The maximum absolute atomic E-state index is 11.5. The number of nitrogens with two attached hydrogens (primary N) is 1. The molecule has 0 saturated heterocycles. The van der Waals surface area contributed by atoms with E-state index in [1.165, 1.54) is 0 Å². The van der Waals surface area contributed by atoms with E-state index in [1.807, 2.05) is 0 Å². The zero-order valence-electron chi connectivity index (χ0n) is 12.2. The number of hydrogen-bond donors (Lipinski definition) is 2. The summed E-state index contributed by atoms with van der Waals surface area (Å²) in [7, 11) is 0. The quantitative estimate of drug-likeness (QED) is 0.524. The lowest BCUT2D eigenvalue weighted by molar-refractivity contribution is -0.121. The van der Waals surface area contributed by atoms with Crippen LogP contribution >= 0.6 is 0 Å². The Morgan fingerprint density at radius 1 is 1.06 bits per heavy atom. The van der Waals surface area contributed by atoms with Gasteiger partial charge in [-0.05, 0) is 45.4 Å². The molecule has 0 unspecified atom stereocenters. The summed E-state index contributed by atoms with van der Waals surface area (Å²) in [5, 5.41) is 2.99. The highest BCUT2D eigenvalue weighted by Gasteiger charge is 2.01. The molecule has 0 aromatic heterocycles. The van der Waals surface area contributed by atoms with Gasteiger partial charge < -0.3 is 16.0 Å². The Balaban J connectivity index is 3.31. The van der Waals surface area contributed by atoms with E-state index in [0.29, 0.717) is 6.42 Å². The van der Waals surface area contributed by atoms with E-state index in [4.69, 9.17) is 5.73 Å². The average molecular weight is 257 g/mol. The van der Waals surface area contributed by atoms with Crippen LogP contribution in [0.2, 0.25) is 0 Å². The van der Waals surface area contributed by atoms with Crippen LogP contribution in [-0.4, -0.2) is 43.5 Å². The van der Waals surface area contributed by atoms with Crippen LogP contribution < -0.4 is 11.1 Å². The smallest absolute Gasteiger partial charge is 0.219 e. The van der Waals surface area contributed by atoms with Crippen molar-refractivity contribution in [3.63, 3.8) is 0 Å². The van der Waals surface area contributed by atoms with Gasteiger partial charge in [0.05, 0.1) is 0 Å². The van der Waals surface area contributed by atoms with Gasteiger partial charge in [0.25, 0.3) is 0 Å². The number of nitrogens with one attached hydrogen (secondary N) is 1. The first-order valence-electron chi connectivity index (χ1n) is 7.43. The normalized spacial score (nSPS) is 10.9. The van der Waals surface area contributed by atoms with Crippen molar-refractivity contribution in [1.82, 2.24) is 10.2 Å². The summed E-state index contributed by atoms with van der Waals surface area (Å²) in [6.07, 6.45) is 6.03. The molecule has 0 radical (unpaired) electrons. The molecule has 0 aromatic carbocycles. The fourth-order valence-electron chi connectivity index (χ4n) is 1.94. The largest absolute Gasteiger partial charge is 0.356 e. The number of amides is 1. The van der Waals surface area contributed by atoms with Gasteiger partial charge in [0.1, 0.15) is 0 Å². The van der Waals surface area contributed by atoms with Crippen molar-refractivity contribution < 1.29 is 4.79 Å². The van der Waals surface area contributed by atoms with E-state index in [9.17, 15) is 4.79 Å². The molecule has 0 aliphatic heterocycles. The summed E-state index contributed by atoms with van der Waals surface area (Å²) in [5.41, 5.74) is 5.42. The molecular formula is C14H31N3O. The van der Waals surface area contributed by atoms with E-state index in [1.54, 1.807) is 0 Å². The third kappa shape index (κ3) is 10.5. The minimum atomic E-state index is 0.197. The minimum Gasteiger partial charge on any atom is -0.356 e. The predicted molar refractivity (Wildman–Crippen MR) is 77.6 cm³/mol. The van der Waals surface area contributed by atoms with Gasteiger partial charge >= 0.3 is 0 Å². The number of rotatable bonds is 12. The molecule has 0 heterocycles. The van der Waals surface area contributed by atoms with Crippen molar-refractivity contribution in [2.45, 2.75) is 52.4 Å². The van der Waals surface area contributed by atoms with Crippen LogP contribution in [0.1, 0.15) is 52.4 Å². The molecule has 0 bridgehead atoms. The average Bonchev–Trinajstić information content (AvgIpc) is 2.39. The molecule has 0 fully saturated rings. The fourth-order valence-corrected chi connectivity index (χ4v) is 1.94. The Kier molecular flexibility index (Phi) is 12.4. The van der Waals surface area contributed by atoms with Gasteiger partial charge in [0.2, 0.25) is 5.91 Å². The zero-order valence-corrected chi connectivity index (χ0v) is 12.2. The fraction of sp³-hybridized carbons (Fsp3) is 0.929. The Hall–Kier alpha value is -0.610. The molecule has 1 amide bonds. The first-order chi connectivity index (χ1) is 8.74. The summed E-state index contributed by atoms with van der Waals surface area (Å²) >= 11 is 0. The van der Waals surface area contributed by atoms with Crippen molar-refractivity contribution in [3.8, 4) is 0 Å². The molecule has 0 saturated carbocycles. The second-order valence-electron chi connectivity index (χ2n) is 4.68. The highest BCUT2D eigenvalue weighted by atomic mass is 16.1. The second-order valence-corrected chi connectivity index (χ2v) is 4.68. The van der Waals surface area contributed by atoms with Crippen LogP contribution in [0.15, 0.2) is 0 Å². The summed E-state index contributed by atoms with van der Waals surface area (Å²) in [6, 6.07) is 0. The Morgan fingerprint density at radius 2 is 1.72 bits per heavy atom. The molecule has 4 nitrogen and oxygen atoms in total. The summed E-state index contributed by atoms with van der Waals surface area (Å²) < 4.78 is 0. The van der Waals surface area contributed by atoms with Gasteiger partial charge in [-0.25, -0.2) is 0 Å². The SMILES string of the molecule is CCN(CC)CCCNC(=O)CCCCCCN. The Labute approximate surface area is 112 Å². The highest BCUT2D eigenvalue weighted by molar-refractivity contribution is 5.75. The molecule has 0 spiro atoms. The predicted octanol–water partition coefficient (Wildman–Crippen LogP) is 1.74. The van der Waals surface area contributed by atoms with Crippen molar-refractivity contribution in [1.29, 1.82) is 0 Å². The summed E-state index contributed by atoms with van der Waals surface area (Å²) in [6.45, 7) is 9.16. The molecule has 0 atom stereocenters. The molecule has 0 aliphatic carbocycles. The summed E-state index contributed by atoms with van der Waals surface area (Å²) in [4.78, 5) is 13.9. The van der Waals surface area contributed by atoms with Crippen molar-refractivity contribution >= 4 is 5.91 Å². The van der Waals surface area contributed by atoms with E-state index in [2.05, 4.69) is 24.1 Å². The molecule has 4 heteroatoms. The topological polar surface area (TPSA) is 58.4 Å². The van der Waals surface area contributed by atoms with Crippen molar-refractivity contribution in [3.05, 3.63) is 0 Å². The van der Waals surface area contributed by atoms with Gasteiger partial charge in [-0.15, -0.1) is 0 Å². The minimum absolute atomic E-state index is 0.197. The van der Waals surface area contributed by atoms with Crippen molar-refractivity contribution in [2.24, 2.45) is 5.73 Å². The van der Waals surface area contributed by atoms with Gasteiger partial charge in [-0.1, -0.05) is 26.7 Å². The van der Waals surface area contributed by atoms with Crippen molar-refractivity contribution in [2.75, 3.05) is 32.7 Å². The van der Waals surface area contributed by atoms with Gasteiger partial charge in [-0.2, -0.15) is 0 Å². The maximum atomic E-state index is 11.5. The van der Waals surface area contributed by atoms with E-state index < -0.39 is 0 Å². The lowest BCUT2D eigenvalue weighted by atomic mass is 10.1. The van der Waals surface area contributed by atoms with Gasteiger partial charge in [0, 0.05) is 13.0 Å². The van der Waals surface area contributed by atoms with Crippen LogP contribution in [-0.2, 0) is 4.79 Å². The van der Waals surface area contributed by atoms with E-state index in [-0.39, 0.29) is 5.91 Å². The molecule has 108 valence electrons.